The zero-order chi connectivity index (χ0) is 9.56. The molecule has 0 aromatic carbocycles. The molecule has 4 amide bonds. The minimum absolute atomic E-state index is 0.409. The van der Waals surface area contributed by atoms with Crippen LogP contribution in [0.2, 0.25) is 0 Å². The summed E-state index contributed by atoms with van der Waals surface area (Å²) in [6.07, 6.45) is 0. The number of hydrogen-bond acceptors (Lipinski definition) is 3. The molecule has 0 aromatic heterocycles. The van der Waals surface area contributed by atoms with Gasteiger partial charge in [-0.1, -0.05) is 0 Å². The quantitative estimate of drug-likeness (QED) is 0.332. The molecule has 0 aliphatic carbocycles. The van der Waals surface area contributed by atoms with Crippen LogP contribution in [0.15, 0.2) is 0 Å². The molecule has 68 valence electrons. The second kappa shape index (κ2) is 4.94. The Labute approximate surface area is 68.8 Å². The molecule has 0 fully saturated rings. The maximum absolute atomic E-state index is 10.6. The molecule has 0 radical (unpaired) electrons. The first-order valence-electron chi connectivity index (χ1n) is 3.11. The lowest BCUT2D eigenvalue weighted by molar-refractivity contribution is -0.120. The number of urea groups is 1. The van der Waals surface area contributed by atoms with E-state index in [1.807, 2.05) is 21.7 Å². The fourth-order valence-corrected chi connectivity index (χ4v) is 0.321. The van der Waals surface area contributed by atoms with Crippen LogP contribution in [0, 0.1) is 0 Å². The molecule has 0 saturated carbocycles. The largest absolute Gasteiger partial charge is 0.352 e. The van der Waals surface area contributed by atoms with Crippen molar-refractivity contribution in [2.45, 2.75) is 13.8 Å². The molecular formula is C5H10N4O3. The SMILES string of the molecule is CC(=O)NNC(=O)NNC(C)=O. The Bertz CT molecular complexity index is 183. The van der Waals surface area contributed by atoms with Gasteiger partial charge >= 0.3 is 6.03 Å². The molecule has 0 saturated heterocycles. The van der Waals surface area contributed by atoms with Gasteiger partial charge in [-0.2, -0.15) is 0 Å². The first kappa shape index (κ1) is 10.2. The van der Waals surface area contributed by atoms with E-state index in [4.69, 9.17) is 0 Å². The summed E-state index contributed by atoms with van der Waals surface area (Å²) in [5.41, 5.74) is 7.98. The first-order chi connectivity index (χ1) is 5.52. The third-order valence-electron chi connectivity index (χ3n) is 0.704. The zero-order valence-electron chi connectivity index (χ0n) is 6.72. The van der Waals surface area contributed by atoms with E-state index in [1.54, 1.807) is 0 Å². The molecule has 0 atom stereocenters. The lowest BCUT2D eigenvalue weighted by Gasteiger charge is -2.06. The van der Waals surface area contributed by atoms with Crippen molar-refractivity contribution in [1.29, 1.82) is 0 Å². The molecule has 0 aromatic rings. The van der Waals surface area contributed by atoms with E-state index >= 15 is 0 Å². The number of hydrazine groups is 2. The molecular weight excluding hydrogens is 164 g/mol. The average Bonchev–Trinajstić information content (AvgIpc) is 1.96. The number of carbonyl (C=O) groups excluding carboxylic acids is 3. The summed E-state index contributed by atoms with van der Waals surface area (Å²) < 4.78 is 0. The normalized spacial score (nSPS) is 8.17. The summed E-state index contributed by atoms with van der Waals surface area (Å²) in [7, 11) is 0. The Morgan fingerprint density at radius 1 is 0.750 bits per heavy atom. The number of hydrogen-bond donors (Lipinski definition) is 4. The van der Waals surface area contributed by atoms with Crippen LogP contribution < -0.4 is 21.7 Å². The van der Waals surface area contributed by atoms with E-state index in [-0.39, 0.29) is 0 Å². The summed E-state index contributed by atoms with van der Waals surface area (Å²) >= 11 is 0. The van der Waals surface area contributed by atoms with E-state index in [0.29, 0.717) is 0 Å². The van der Waals surface area contributed by atoms with Gasteiger partial charge in [0, 0.05) is 13.8 Å². The minimum atomic E-state index is -0.722. The summed E-state index contributed by atoms with van der Waals surface area (Å²) in [4.78, 5) is 31.1. The maximum Gasteiger partial charge on any atom is 0.352 e. The van der Waals surface area contributed by atoms with Gasteiger partial charge in [-0.15, -0.1) is 0 Å². The number of nitrogens with one attached hydrogen (secondary N) is 4. The molecule has 0 aliphatic heterocycles. The van der Waals surface area contributed by atoms with Crippen molar-refractivity contribution >= 4 is 17.8 Å². The molecule has 0 spiro atoms. The van der Waals surface area contributed by atoms with Crippen molar-refractivity contribution in [3.8, 4) is 0 Å². The third kappa shape index (κ3) is 6.33. The highest BCUT2D eigenvalue weighted by atomic mass is 16.2. The molecule has 0 unspecified atom stereocenters. The second-order valence-corrected chi connectivity index (χ2v) is 1.94. The summed E-state index contributed by atoms with van der Waals surface area (Å²) in [5, 5.41) is 0. The van der Waals surface area contributed by atoms with Crippen LogP contribution in [0.1, 0.15) is 13.8 Å². The molecule has 7 nitrogen and oxygen atoms in total. The average molecular weight is 174 g/mol. The van der Waals surface area contributed by atoms with Crippen molar-refractivity contribution in [3.05, 3.63) is 0 Å². The van der Waals surface area contributed by atoms with Crippen molar-refractivity contribution in [3.63, 3.8) is 0 Å². The van der Waals surface area contributed by atoms with Crippen molar-refractivity contribution in [2.75, 3.05) is 0 Å². The van der Waals surface area contributed by atoms with Gasteiger partial charge in [-0.25, -0.2) is 15.6 Å². The number of rotatable bonds is 0. The highest BCUT2D eigenvalue weighted by Gasteiger charge is 1.98. The van der Waals surface area contributed by atoms with Crippen LogP contribution in [-0.4, -0.2) is 17.8 Å². The van der Waals surface area contributed by atoms with Gasteiger partial charge in [0.25, 0.3) is 0 Å². The summed E-state index contributed by atoms with van der Waals surface area (Å²) in [6.45, 7) is 2.47. The molecule has 0 rings (SSSR count). The van der Waals surface area contributed by atoms with E-state index in [9.17, 15) is 14.4 Å². The second-order valence-electron chi connectivity index (χ2n) is 1.94. The lowest BCUT2D eigenvalue weighted by Crippen LogP contribution is -2.51. The van der Waals surface area contributed by atoms with Crippen LogP contribution in [0.25, 0.3) is 0 Å². The van der Waals surface area contributed by atoms with E-state index in [1.165, 1.54) is 13.8 Å². The maximum atomic E-state index is 10.6. The highest BCUT2D eigenvalue weighted by Crippen LogP contribution is 1.59. The van der Waals surface area contributed by atoms with Crippen molar-refractivity contribution in [1.82, 2.24) is 21.7 Å². The van der Waals surface area contributed by atoms with Gasteiger partial charge < -0.3 is 0 Å². The Morgan fingerprint density at radius 2 is 1.08 bits per heavy atom. The first-order valence-corrected chi connectivity index (χ1v) is 3.11. The van der Waals surface area contributed by atoms with Crippen LogP contribution in [0.3, 0.4) is 0 Å². The Kier molecular flexibility index (Phi) is 4.20. The predicted octanol–water partition coefficient (Wildman–Crippen LogP) is -1.61. The van der Waals surface area contributed by atoms with Crippen LogP contribution in [0.5, 0.6) is 0 Å². The highest BCUT2D eigenvalue weighted by molar-refractivity contribution is 5.81. The summed E-state index contributed by atoms with van der Waals surface area (Å²) in [6, 6.07) is -0.722. The van der Waals surface area contributed by atoms with Crippen LogP contribution in [-0.2, 0) is 9.59 Å². The van der Waals surface area contributed by atoms with Gasteiger partial charge in [0.05, 0.1) is 0 Å². The zero-order valence-corrected chi connectivity index (χ0v) is 6.72. The molecule has 0 bridgehead atoms. The smallest absolute Gasteiger partial charge is 0.274 e. The predicted molar refractivity (Wildman–Crippen MR) is 39.3 cm³/mol. The fraction of sp³-hybridized carbons (Fsp3) is 0.400. The van der Waals surface area contributed by atoms with Crippen molar-refractivity contribution < 1.29 is 14.4 Å². The van der Waals surface area contributed by atoms with E-state index in [0.717, 1.165) is 0 Å². The lowest BCUT2D eigenvalue weighted by atomic mass is 10.7. The molecule has 0 heterocycles. The minimum Gasteiger partial charge on any atom is -0.274 e. The van der Waals surface area contributed by atoms with Gasteiger partial charge in [0.2, 0.25) is 11.8 Å². The molecule has 0 aliphatic rings. The summed E-state index contributed by atoms with van der Waals surface area (Å²) in [5.74, 6) is -0.819. The topological polar surface area (TPSA) is 99.3 Å². The van der Waals surface area contributed by atoms with Crippen molar-refractivity contribution in [2.24, 2.45) is 0 Å². The molecule has 4 N–H and O–H groups in total. The molecule has 12 heavy (non-hydrogen) atoms. The standard InChI is InChI=1S/C5H10N4O3/c1-3(10)6-8-5(12)9-7-4(2)11/h1-2H3,(H,6,10)(H,7,11)(H2,8,9,12). The Hall–Kier alpha value is -1.79. The number of amides is 4. The van der Waals surface area contributed by atoms with Gasteiger partial charge in [-0.3, -0.25) is 20.4 Å². The van der Waals surface area contributed by atoms with E-state index in [2.05, 4.69) is 0 Å². The monoisotopic (exact) mass is 174 g/mol. The fourth-order valence-electron chi connectivity index (χ4n) is 0.321. The Morgan fingerprint density at radius 3 is 1.33 bits per heavy atom. The molecule has 7 heteroatoms. The van der Waals surface area contributed by atoms with Crippen LogP contribution >= 0.6 is 0 Å². The third-order valence-corrected chi connectivity index (χ3v) is 0.704. The Balaban J connectivity index is 3.47. The van der Waals surface area contributed by atoms with Crippen LogP contribution in [0.4, 0.5) is 4.79 Å². The van der Waals surface area contributed by atoms with E-state index < -0.39 is 17.8 Å². The number of carbonyl (C=O) groups is 3. The van der Waals surface area contributed by atoms with Gasteiger partial charge in [0.1, 0.15) is 0 Å². The van der Waals surface area contributed by atoms with Gasteiger partial charge in [0.15, 0.2) is 0 Å². The van der Waals surface area contributed by atoms with Gasteiger partial charge in [-0.05, 0) is 0 Å².